The van der Waals surface area contributed by atoms with Gasteiger partial charge in [-0.25, -0.2) is 4.79 Å². The van der Waals surface area contributed by atoms with E-state index in [9.17, 15) is 14.4 Å². The van der Waals surface area contributed by atoms with Crippen LogP contribution in [0.5, 0.6) is 0 Å². The lowest BCUT2D eigenvalue weighted by Gasteiger charge is -2.28. The molecule has 0 aromatic heterocycles. The first-order valence-electron chi connectivity index (χ1n) is 14.3. The van der Waals surface area contributed by atoms with Gasteiger partial charge in [-0.2, -0.15) is 0 Å². The molecule has 0 radical (unpaired) electrons. The van der Waals surface area contributed by atoms with Crippen molar-refractivity contribution in [2.45, 2.75) is 77.0 Å². The summed E-state index contributed by atoms with van der Waals surface area (Å²) in [6, 6.07) is 17.2. The molecular weight excluding hydrogens is 462 g/mol. The van der Waals surface area contributed by atoms with Gasteiger partial charge in [-0.05, 0) is 66.8 Å². The van der Waals surface area contributed by atoms with Gasteiger partial charge in [0.1, 0.15) is 0 Å². The van der Waals surface area contributed by atoms with Crippen molar-refractivity contribution < 1.29 is 19.1 Å². The molecule has 5 atom stereocenters. The Balaban J connectivity index is 1.14. The highest BCUT2D eigenvalue weighted by Gasteiger charge is 2.64. The maximum atomic E-state index is 13.5. The Kier molecular flexibility index (Phi) is 8.07. The van der Waals surface area contributed by atoms with Crippen molar-refractivity contribution >= 4 is 23.5 Å². The van der Waals surface area contributed by atoms with E-state index >= 15 is 0 Å². The van der Waals surface area contributed by atoms with Gasteiger partial charge in [0.2, 0.25) is 11.8 Å². The molecule has 1 aliphatic heterocycles. The number of anilines is 1. The van der Waals surface area contributed by atoms with Crippen molar-refractivity contribution in [2.75, 3.05) is 11.5 Å². The minimum atomic E-state index is -0.353. The molecule has 0 N–H and O–H groups in total. The van der Waals surface area contributed by atoms with Gasteiger partial charge in [-0.1, -0.05) is 82.2 Å². The van der Waals surface area contributed by atoms with E-state index in [-0.39, 0.29) is 41.5 Å². The number of carbonyl (C=O) groups is 3. The zero-order chi connectivity index (χ0) is 25.8. The molecule has 1 heterocycles. The van der Waals surface area contributed by atoms with Crippen molar-refractivity contribution in [2.24, 2.45) is 23.7 Å². The minimum Gasteiger partial charge on any atom is -0.462 e. The number of hydrogen-bond donors (Lipinski definition) is 0. The summed E-state index contributed by atoms with van der Waals surface area (Å²) >= 11 is 0. The quantitative estimate of drug-likeness (QED) is 0.180. The van der Waals surface area contributed by atoms with E-state index in [0.717, 1.165) is 25.7 Å². The molecule has 5 heteroatoms. The summed E-state index contributed by atoms with van der Waals surface area (Å²) in [6.45, 7) is 2.65. The molecule has 3 fully saturated rings. The fourth-order valence-corrected chi connectivity index (χ4v) is 7.03. The van der Waals surface area contributed by atoms with Gasteiger partial charge in [0.15, 0.2) is 0 Å². The van der Waals surface area contributed by atoms with Gasteiger partial charge in [0.25, 0.3) is 0 Å². The normalized spacial score (nSPS) is 26.1. The highest BCUT2D eigenvalue weighted by Crippen LogP contribution is 2.61. The SMILES string of the molecule is CCCCCCCCCCOC(=O)c1ccc(N2C(=O)[C@@H]3[C@@H]4C[C@@H]([C@H]3C2=O)[C@@H](c2ccccc2)C4)cc1. The zero-order valence-corrected chi connectivity index (χ0v) is 21.9. The van der Waals surface area contributed by atoms with Crippen LogP contribution in [0.1, 0.15) is 93.0 Å². The number of amides is 2. The number of hydrogen-bond acceptors (Lipinski definition) is 4. The molecule has 0 spiro atoms. The Labute approximate surface area is 220 Å². The summed E-state index contributed by atoms with van der Waals surface area (Å²) < 4.78 is 5.45. The molecule has 196 valence electrons. The lowest BCUT2D eigenvalue weighted by Crippen LogP contribution is -2.33. The first-order chi connectivity index (χ1) is 18.1. The number of imide groups is 1. The minimum absolute atomic E-state index is 0.0703. The monoisotopic (exact) mass is 501 g/mol. The van der Waals surface area contributed by atoms with E-state index in [1.54, 1.807) is 24.3 Å². The van der Waals surface area contributed by atoms with Crippen molar-refractivity contribution in [3.8, 4) is 0 Å². The molecule has 2 amide bonds. The first kappa shape index (κ1) is 25.7. The Morgan fingerprint density at radius 3 is 2.16 bits per heavy atom. The average molecular weight is 502 g/mol. The van der Waals surface area contributed by atoms with Crippen LogP contribution in [-0.4, -0.2) is 24.4 Å². The molecule has 2 saturated carbocycles. The number of ether oxygens (including phenoxy) is 1. The molecule has 37 heavy (non-hydrogen) atoms. The van der Waals surface area contributed by atoms with Gasteiger partial charge >= 0.3 is 5.97 Å². The van der Waals surface area contributed by atoms with Crippen LogP contribution in [0.2, 0.25) is 0 Å². The highest BCUT2D eigenvalue weighted by atomic mass is 16.5. The third-order valence-corrected chi connectivity index (χ3v) is 8.84. The van der Waals surface area contributed by atoms with Crippen molar-refractivity contribution in [1.29, 1.82) is 0 Å². The number of nitrogens with zero attached hydrogens (tertiary/aromatic N) is 1. The second-order valence-corrected chi connectivity index (χ2v) is 11.1. The third-order valence-electron chi connectivity index (χ3n) is 8.84. The summed E-state index contributed by atoms with van der Waals surface area (Å²) in [5.74, 6) is -0.0816. The first-order valence-corrected chi connectivity index (χ1v) is 14.3. The Hall–Kier alpha value is -2.95. The largest absolute Gasteiger partial charge is 0.462 e. The van der Waals surface area contributed by atoms with Crippen LogP contribution in [0.4, 0.5) is 5.69 Å². The lowest BCUT2D eigenvalue weighted by atomic mass is 9.73. The van der Waals surface area contributed by atoms with E-state index < -0.39 is 0 Å². The van der Waals surface area contributed by atoms with Gasteiger partial charge in [-0.3, -0.25) is 14.5 Å². The topological polar surface area (TPSA) is 63.7 Å². The van der Waals surface area contributed by atoms with Crippen molar-refractivity contribution in [3.63, 3.8) is 0 Å². The van der Waals surface area contributed by atoms with Gasteiger partial charge in [-0.15, -0.1) is 0 Å². The molecule has 3 aliphatic rings. The number of unbranched alkanes of at least 4 members (excludes halogenated alkanes) is 7. The molecular formula is C32H39NO4. The van der Waals surface area contributed by atoms with E-state index in [1.807, 2.05) is 6.07 Å². The third kappa shape index (κ3) is 5.23. The van der Waals surface area contributed by atoms with Crippen LogP contribution >= 0.6 is 0 Å². The van der Waals surface area contributed by atoms with Gasteiger partial charge in [0, 0.05) is 0 Å². The second kappa shape index (κ2) is 11.6. The summed E-state index contributed by atoms with van der Waals surface area (Å²) in [6.07, 6.45) is 11.5. The smallest absolute Gasteiger partial charge is 0.338 e. The molecule has 5 rings (SSSR count). The van der Waals surface area contributed by atoms with E-state index in [4.69, 9.17) is 4.74 Å². The Morgan fingerprint density at radius 1 is 0.811 bits per heavy atom. The van der Waals surface area contributed by atoms with E-state index in [2.05, 4.69) is 31.2 Å². The van der Waals surface area contributed by atoms with Crippen LogP contribution in [0.3, 0.4) is 0 Å². The molecule has 2 aromatic carbocycles. The number of carbonyl (C=O) groups excluding carboxylic acids is 3. The van der Waals surface area contributed by atoms with Gasteiger partial charge in [0.05, 0.1) is 29.7 Å². The van der Waals surface area contributed by atoms with Crippen LogP contribution in [0, 0.1) is 23.7 Å². The van der Waals surface area contributed by atoms with Crippen LogP contribution in [0.25, 0.3) is 0 Å². The molecule has 2 bridgehead atoms. The fourth-order valence-electron chi connectivity index (χ4n) is 7.03. The number of rotatable bonds is 12. The maximum absolute atomic E-state index is 13.5. The molecule has 5 nitrogen and oxygen atoms in total. The summed E-state index contributed by atoms with van der Waals surface area (Å²) in [4.78, 5) is 40.7. The predicted octanol–water partition coefficient (Wildman–Crippen LogP) is 6.91. The van der Waals surface area contributed by atoms with Gasteiger partial charge < -0.3 is 4.74 Å². The lowest BCUT2D eigenvalue weighted by molar-refractivity contribution is -0.123. The van der Waals surface area contributed by atoms with Crippen molar-refractivity contribution in [3.05, 3.63) is 65.7 Å². The number of benzene rings is 2. The molecule has 2 aliphatic carbocycles. The Morgan fingerprint density at radius 2 is 1.46 bits per heavy atom. The maximum Gasteiger partial charge on any atom is 0.338 e. The van der Waals surface area contributed by atoms with E-state index in [1.165, 1.54) is 49.0 Å². The summed E-state index contributed by atoms with van der Waals surface area (Å²) in [5, 5.41) is 0. The van der Waals surface area contributed by atoms with Crippen LogP contribution < -0.4 is 4.90 Å². The molecule has 1 saturated heterocycles. The van der Waals surface area contributed by atoms with E-state index in [0.29, 0.717) is 23.8 Å². The highest BCUT2D eigenvalue weighted by molar-refractivity contribution is 6.22. The zero-order valence-electron chi connectivity index (χ0n) is 21.9. The molecule has 0 unspecified atom stereocenters. The standard InChI is InChI=1S/C32H39NO4/c1-2-3-4-5-6-7-8-12-19-37-32(36)23-15-17-25(18-16-23)33-30(34)28-24-20-26(22-13-10-9-11-14-22)27(21-24)29(28)31(33)35/h9-11,13-18,24,26-29H,2-8,12,19-21H2,1H3/t24-,26+,27+,28+,29+/m0/s1. The number of esters is 1. The summed E-state index contributed by atoms with van der Waals surface area (Å²) in [7, 11) is 0. The van der Waals surface area contributed by atoms with Crippen LogP contribution in [0.15, 0.2) is 54.6 Å². The summed E-state index contributed by atoms with van der Waals surface area (Å²) in [5.41, 5.74) is 2.29. The second-order valence-electron chi connectivity index (χ2n) is 11.1. The fraction of sp³-hybridized carbons (Fsp3) is 0.531. The predicted molar refractivity (Wildman–Crippen MR) is 144 cm³/mol. The van der Waals surface area contributed by atoms with Crippen LogP contribution in [-0.2, 0) is 14.3 Å². The van der Waals surface area contributed by atoms with Crippen molar-refractivity contribution in [1.82, 2.24) is 0 Å². The number of fused-ring (bicyclic) bond motifs is 5. The average Bonchev–Trinajstić information content (AvgIpc) is 3.59. The Bertz CT molecular complexity index is 1100. The molecule has 2 aromatic rings.